The monoisotopic (exact) mass is 212 g/mol. The molecule has 0 amide bonds. The first-order chi connectivity index (χ1) is 7.93. The van der Waals surface area contributed by atoms with Gasteiger partial charge in [0.2, 0.25) is 0 Å². The summed E-state index contributed by atoms with van der Waals surface area (Å²) in [5, 5.41) is 11.3. The van der Waals surface area contributed by atoms with Crippen LogP contribution < -0.4 is 0 Å². The molecule has 6 heteroatoms. The van der Waals surface area contributed by atoms with Crippen molar-refractivity contribution in [3.8, 4) is 11.3 Å². The van der Waals surface area contributed by atoms with E-state index in [1.807, 2.05) is 12.4 Å². The van der Waals surface area contributed by atoms with Gasteiger partial charge in [-0.1, -0.05) is 0 Å². The zero-order chi connectivity index (χ0) is 10.5. The van der Waals surface area contributed by atoms with Crippen molar-refractivity contribution in [2.75, 3.05) is 0 Å². The molecule has 4 rings (SSSR count). The second-order valence-electron chi connectivity index (χ2n) is 3.86. The van der Waals surface area contributed by atoms with Gasteiger partial charge in [-0.05, 0) is 18.4 Å². The minimum atomic E-state index is 0.654. The quantitative estimate of drug-likeness (QED) is 0.592. The molecule has 78 valence electrons. The number of nitrogens with zero attached hydrogens (tertiary/aromatic N) is 5. The molecule has 0 atom stereocenters. The van der Waals surface area contributed by atoms with Gasteiger partial charge in [0.1, 0.15) is 6.33 Å². The molecule has 3 aromatic rings. The average molecular weight is 212 g/mol. The normalized spacial score (nSPS) is 13.8. The number of aryl methyl sites for hydroxylation is 2. The molecule has 1 aliphatic carbocycles. The maximum atomic E-state index is 4.27. The molecule has 0 aromatic carbocycles. The number of fused-ring (bicyclic) bond motifs is 5. The molecule has 0 saturated carbocycles. The van der Waals surface area contributed by atoms with E-state index in [-0.39, 0.29) is 0 Å². The molecular formula is C10H8N6. The Hall–Kier alpha value is -2.24. The van der Waals surface area contributed by atoms with E-state index in [4.69, 9.17) is 0 Å². The first-order valence-corrected chi connectivity index (χ1v) is 5.14. The van der Waals surface area contributed by atoms with E-state index in [1.165, 1.54) is 11.9 Å². The van der Waals surface area contributed by atoms with Crippen molar-refractivity contribution in [3.05, 3.63) is 30.0 Å². The van der Waals surface area contributed by atoms with Gasteiger partial charge in [0.05, 0.1) is 17.6 Å². The van der Waals surface area contributed by atoms with E-state index in [0.29, 0.717) is 5.78 Å². The van der Waals surface area contributed by atoms with Crippen molar-refractivity contribution in [1.29, 1.82) is 0 Å². The number of aromatic nitrogens is 6. The number of H-pyrrole nitrogens is 1. The number of nitrogens with one attached hydrogen (secondary N) is 1. The lowest BCUT2D eigenvalue weighted by molar-refractivity contribution is 0.799. The minimum absolute atomic E-state index is 0.654. The predicted octanol–water partition coefficient (Wildman–Crippen LogP) is 0.613. The van der Waals surface area contributed by atoms with E-state index < -0.39 is 0 Å². The van der Waals surface area contributed by atoms with Crippen LogP contribution in [0.5, 0.6) is 0 Å². The van der Waals surface area contributed by atoms with Gasteiger partial charge < -0.3 is 0 Å². The number of rotatable bonds is 0. The lowest BCUT2D eigenvalue weighted by atomic mass is 9.96. The fourth-order valence-electron chi connectivity index (χ4n) is 2.26. The highest BCUT2D eigenvalue weighted by Gasteiger charge is 2.21. The maximum absolute atomic E-state index is 4.27. The Bertz CT molecular complexity index is 679. The number of hydrogen-bond donors (Lipinski definition) is 1. The molecule has 0 bridgehead atoms. The Balaban J connectivity index is 2.13. The zero-order valence-corrected chi connectivity index (χ0v) is 8.38. The molecule has 1 N–H and O–H groups in total. The molecule has 3 heterocycles. The van der Waals surface area contributed by atoms with Crippen LogP contribution in [0.3, 0.4) is 0 Å². The van der Waals surface area contributed by atoms with Crippen LogP contribution in [0.2, 0.25) is 0 Å². The summed E-state index contributed by atoms with van der Waals surface area (Å²) < 4.78 is 1.80. The van der Waals surface area contributed by atoms with Crippen LogP contribution in [0.25, 0.3) is 17.0 Å². The van der Waals surface area contributed by atoms with E-state index in [2.05, 4.69) is 25.3 Å². The fraction of sp³-hybridized carbons (Fsp3) is 0.200. The third-order valence-electron chi connectivity index (χ3n) is 3.02. The van der Waals surface area contributed by atoms with Crippen LogP contribution in [0.1, 0.15) is 11.3 Å². The van der Waals surface area contributed by atoms with Crippen molar-refractivity contribution in [1.82, 2.24) is 29.8 Å². The third-order valence-corrected chi connectivity index (χ3v) is 3.02. The van der Waals surface area contributed by atoms with E-state index >= 15 is 0 Å². The second-order valence-corrected chi connectivity index (χ2v) is 3.86. The van der Waals surface area contributed by atoms with Gasteiger partial charge in [0.25, 0.3) is 5.78 Å². The molecule has 0 fully saturated rings. The maximum Gasteiger partial charge on any atom is 0.252 e. The summed E-state index contributed by atoms with van der Waals surface area (Å²) in [6.07, 6.45) is 7.19. The Morgan fingerprint density at radius 1 is 1.19 bits per heavy atom. The zero-order valence-electron chi connectivity index (χ0n) is 8.38. The van der Waals surface area contributed by atoms with Gasteiger partial charge >= 0.3 is 0 Å². The van der Waals surface area contributed by atoms with Gasteiger partial charge in [-0.15, -0.1) is 0 Å². The molecule has 0 aliphatic heterocycles. The van der Waals surface area contributed by atoms with Crippen molar-refractivity contribution in [3.63, 3.8) is 0 Å². The standard InChI is InChI=1S/C10H8N6/c1-2-8-7(9-6(1)3-13-15-9)4-11-10-12-5-14-16(8)10/h3-5H,1-2H2,(H,13,15). The van der Waals surface area contributed by atoms with Crippen molar-refractivity contribution in [2.45, 2.75) is 12.8 Å². The Labute approximate surface area is 90.4 Å². The van der Waals surface area contributed by atoms with Gasteiger partial charge in [-0.3, -0.25) is 5.10 Å². The average Bonchev–Trinajstić information content (AvgIpc) is 2.96. The molecule has 1 aliphatic rings. The van der Waals surface area contributed by atoms with Crippen molar-refractivity contribution >= 4 is 5.78 Å². The van der Waals surface area contributed by atoms with Crippen LogP contribution in [0.4, 0.5) is 0 Å². The molecule has 0 unspecified atom stereocenters. The van der Waals surface area contributed by atoms with Crippen molar-refractivity contribution < 1.29 is 0 Å². The van der Waals surface area contributed by atoms with E-state index in [0.717, 1.165) is 29.8 Å². The summed E-state index contributed by atoms with van der Waals surface area (Å²) >= 11 is 0. The number of hydrogen-bond acceptors (Lipinski definition) is 4. The largest absolute Gasteiger partial charge is 0.277 e. The number of aromatic amines is 1. The Morgan fingerprint density at radius 3 is 3.19 bits per heavy atom. The summed E-state index contributed by atoms with van der Waals surface area (Å²) in [5.41, 5.74) is 4.54. The van der Waals surface area contributed by atoms with Crippen LogP contribution in [0, 0.1) is 0 Å². The molecule has 3 aromatic heterocycles. The molecule has 6 nitrogen and oxygen atoms in total. The Kier molecular flexibility index (Phi) is 1.33. The predicted molar refractivity (Wildman–Crippen MR) is 55.8 cm³/mol. The lowest BCUT2D eigenvalue weighted by Crippen LogP contribution is -2.10. The first kappa shape index (κ1) is 7.98. The van der Waals surface area contributed by atoms with Crippen LogP contribution in [-0.2, 0) is 12.8 Å². The summed E-state index contributed by atoms with van der Waals surface area (Å²) in [6.45, 7) is 0. The van der Waals surface area contributed by atoms with Gasteiger partial charge in [-0.2, -0.15) is 15.2 Å². The van der Waals surface area contributed by atoms with Gasteiger partial charge in [0.15, 0.2) is 0 Å². The van der Waals surface area contributed by atoms with Gasteiger partial charge in [-0.25, -0.2) is 9.50 Å². The van der Waals surface area contributed by atoms with Crippen molar-refractivity contribution in [2.24, 2.45) is 0 Å². The Morgan fingerprint density at radius 2 is 2.19 bits per heavy atom. The molecule has 0 radical (unpaired) electrons. The SMILES string of the molecule is c1nc2ncc3c(n2n1)CCc1cn[nH]c1-3. The highest BCUT2D eigenvalue weighted by atomic mass is 15.3. The summed E-state index contributed by atoms with van der Waals surface area (Å²) in [7, 11) is 0. The lowest BCUT2D eigenvalue weighted by Gasteiger charge is -2.15. The minimum Gasteiger partial charge on any atom is -0.277 e. The first-order valence-electron chi connectivity index (χ1n) is 5.14. The van der Waals surface area contributed by atoms with E-state index in [9.17, 15) is 0 Å². The molecule has 0 spiro atoms. The third kappa shape index (κ3) is 0.861. The fourth-order valence-corrected chi connectivity index (χ4v) is 2.26. The highest BCUT2D eigenvalue weighted by Crippen LogP contribution is 2.30. The van der Waals surface area contributed by atoms with Gasteiger partial charge in [0, 0.05) is 11.8 Å². The molecule has 0 saturated heterocycles. The second kappa shape index (κ2) is 2.66. The molecular weight excluding hydrogens is 204 g/mol. The molecule has 16 heavy (non-hydrogen) atoms. The summed E-state index contributed by atoms with van der Waals surface area (Å²) in [5.74, 6) is 0.654. The smallest absolute Gasteiger partial charge is 0.252 e. The summed E-state index contributed by atoms with van der Waals surface area (Å²) in [4.78, 5) is 8.36. The van der Waals surface area contributed by atoms with Crippen LogP contribution in [0.15, 0.2) is 18.7 Å². The topological polar surface area (TPSA) is 71.8 Å². The van der Waals surface area contributed by atoms with Crippen LogP contribution >= 0.6 is 0 Å². The highest BCUT2D eigenvalue weighted by molar-refractivity contribution is 5.67. The summed E-state index contributed by atoms with van der Waals surface area (Å²) in [6, 6.07) is 0. The van der Waals surface area contributed by atoms with E-state index in [1.54, 1.807) is 4.52 Å². The van der Waals surface area contributed by atoms with Crippen LogP contribution in [-0.4, -0.2) is 29.8 Å².